The van der Waals surface area contributed by atoms with E-state index in [1.807, 2.05) is 24.4 Å². The molecule has 0 bridgehead atoms. The van der Waals surface area contributed by atoms with Crippen molar-refractivity contribution in [1.82, 2.24) is 15.0 Å². The predicted molar refractivity (Wildman–Crippen MR) is 123 cm³/mol. The van der Waals surface area contributed by atoms with Crippen LogP contribution in [-0.4, -0.2) is 34.6 Å². The van der Waals surface area contributed by atoms with Crippen LogP contribution < -0.4 is 16.4 Å². The zero-order valence-corrected chi connectivity index (χ0v) is 18.6. The Morgan fingerprint density at radius 2 is 1.90 bits per heavy atom. The van der Waals surface area contributed by atoms with Gasteiger partial charge in [-0.2, -0.15) is 0 Å². The number of pyridine rings is 1. The molecule has 0 atom stereocenters. The number of halogens is 2. The minimum absolute atomic E-state index is 0.0527. The van der Waals surface area contributed by atoms with Crippen LogP contribution in [0.25, 0.3) is 0 Å². The molecule has 3 heterocycles. The Hall–Kier alpha value is -2.06. The van der Waals surface area contributed by atoms with Gasteiger partial charge in [-0.05, 0) is 36.6 Å². The lowest BCUT2D eigenvalue weighted by Gasteiger charge is -2.41. The lowest BCUT2D eigenvalue weighted by molar-refractivity contribution is 0.338. The van der Waals surface area contributed by atoms with E-state index in [1.54, 1.807) is 18.5 Å². The third kappa shape index (κ3) is 4.21. The highest BCUT2D eigenvalue weighted by molar-refractivity contribution is 7.99. The number of benzene rings is 1. The highest BCUT2D eigenvalue weighted by Crippen LogP contribution is 2.39. The minimum Gasteiger partial charge on any atom is -0.381 e. The van der Waals surface area contributed by atoms with Crippen molar-refractivity contribution in [2.24, 2.45) is 5.73 Å². The molecule has 0 unspecified atom stereocenters. The topological polar surface area (TPSA) is 94.0 Å². The summed E-state index contributed by atoms with van der Waals surface area (Å²) < 4.78 is 0. The van der Waals surface area contributed by atoms with Crippen molar-refractivity contribution >= 4 is 46.6 Å². The fourth-order valence-corrected chi connectivity index (χ4v) is 5.01. The average Bonchev–Trinajstić information content (AvgIpc) is 2.79. The summed E-state index contributed by atoms with van der Waals surface area (Å²) in [6, 6.07) is 9.54. The van der Waals surface area contributed by atoms with E-state index in [4.69, 9.17) is 34.7 Å². The molecule has 156 valence electrons. The largest absolute Gasteiger partial charge is 0.381 e. The SMILES string of the molecule is NCC1(c2cccnc2)CCN(c2cnc(Sc3cccc(Cl)c3Cl)c(N)n2)CC1. The minimum atomic E-state index is -0.0527. The standard InChI is InChI=1S/C21H22Cl2N6S/c22-15-4-1-5-16(18(15)23)30-20-19(25)28-17(12-27-20)29-9-6-21(13-24,7-10-29)14-3-2-8-26-11-14/h1-5,8,11-12H,6-7,9-10,13,24H2,(H2,25,28). The Bertz CT molecular complexity index is 1030. The van der Waals surface area contributed by atoms with Crippen molar-refractivity contribution in [2.75, 3.05) is 30.3 Å². The van der Waals surface area contributed by atoms with Crippen LogP contribution in [0.15, 0.2) is 58.8 Å². The Morgan fingerprint density at radius 3 is 2.57 bits per heavy atom. The fraction of sp³-hybridized carbons (Fsp3) is 0.286. The van der Waals surface area contributed by atoms with E-state index in [2.05, 4.69) is 25.9 Å². The predicted octanol–water partition coefficient (Wildman–Crippen LogP) is 4.41. The van der Waals surface area contributed by atoms with Crippen LogP contribution in [0.1, 0.15) is 18.4 Å². The Balaban J connectivity index is 1.48. The molecular weight excluding hydrogens is 439 g/mol. The molecule has 6 nitrogen and oxygen atoms in total. The highest BCUT2D eigenvalue weighted by atomic mass is 35.5. The van der Waals surface area contributed by atoms with Crippen LogP contribution in [0.5, 0.6) is 0 Å². The summed E-state index contributed by atoms with van der Waals surface area (Å²) in [6.45, 7) is 2.25. The number of hydrogen-bond donors (Lipinski definition) is 2. The molecule has 1 saturated heterocycles. The molecule has 1 aromatic carbocycles. The van der Waals surface area contributed by atoms with E-state index in [0.717, 1.165) is 36.6 Å². The van der Waals surface area contributed by atoms with E-state index in [0.29, 0.717) is 27.4 Å². The number of anilines is 2. The molecule has 1 fully saturated rings. The van der Waals surface area contributed by atoms with E-state index in [9.17, 15) is 0 Å². The summed E-state index contributed by atoms with van der Waals surface area (Å²) in [5.74, 6) is 1.14. The Labute approximate surface area is 190 Å². The van der Waals surface area contributed by atoms with Gasteiger partial charge in [0.25, 0.3) is 0 Å². The van der Waals surface area contributed by atoms with Crippen molar-refractivity contribution in [3.8, 4) is 0 Å². The van der Waals surface area contributed by atoms with Crippen LogP contribution >= 0.6 is 35.0 Å². The third-order valence-corrected chi connectivity index (χ3v) is 7.58. The fourth-order valence-electron chi connectivity index (χ4n) is 3.73. The summed E-state index contributed by atoms with van der Waals surface area (Å²) in [5, 5.41) is 1.58. The van der Waals surface area contributed by atoms with Gasteiger partial charge >= 0.3 is 0 Å². The van der Waals surface area contributed by atoms with Crippen molar-refractivity contribution in [3.63, 3.8) is 0 Å². The quantitative estimate of drug-likeness (QED) is 0.581. The van der Waals surface area contributed by atoms with Crippen LogP contribution in [0.4, 0.5) is 11.6 Å². The van der Waals surface area contributed by atoms with Gasteiger partial charge in [-0.15, -0.1) is 0 Å². The van der Waals surface area contributed by atoms with Gasteiger partial charge in [0.05, 0.1) is 16.2 Å². The van der Waals surface area contributed by atoms with Gasteiger partial charge in [0.15, 0.2) is 5.82 Å². The smallest absolute Gasteiger partial charge is 0.158 e. The molecule has 0 spiro atoms. The normalized spacial score (nSPS) is 15.9. The van der Waals surface area contributed by atoms with Gasteiger partial charge in [-0.3, -0.25) is 4.98 Å². The Morgan fingerprint density at radius 1 is 1.10 bits per heavy atom. The molecule has 3 aromatic rings. The first-order chi connectivity index (χ1) is 14.5. The number of nitrogens with two attached hydrogens (primary N) is 2. The van der Waals surface area contributed by atoms with Crippen LogP contribution in [-0.2, 0) is 5.41 Å². The van der Waals surface area contributed by atoms with E-state index < -0.39 is 0 Å². The van der Waals surface area contributed by atoms with Gasteiger partial charge in [-0.1, -0.05) is 47.1 Å². The highest BCUT2D eigenvalue weighted by Gasteiger charge is 2.35. The Kier molecular flexibility index (Phi) is 6.34. The first-order valence-corrected chi connectivity index (χ1v) is 11.2. The van der Waals surface area contributed by atoms with Crippen molar-refractivity contribution in [2.45, 2.75) is 28.2 Å². The second kappa shape index (κ2) is 8.98. The van der Waals surface area contributed by atoms with Crippen LogP contribution in [0.3, 0.4) is 0 Å². The molecule has 9 heteroatoms. The molecule has 0 aliphatic carbocycles. The lowest BCUT2D eigenvalue weighted by atomic mass is 9.73. The van der Waals surface area contributed by atoms with Crippen molar-refractivity contribution in [1.29, 1.82) is 0 Å². The first kappa shape index (κ1) is 21.2. The summed E-state index contributed by atoms with van der Waals surface area (Å²) in [6.07, 6.45) is 7.32. The summed E-state index contributed by atoms with van der Waals surface area (Å²) in [4.78, 5) is 16.4. The molecular formula is C21H22Cl2N6S. The monoisotopic (exact) mass is 460 g/mol. The van der Waals surface area contributed by atoms with Crippen molar-refractivity contribution in [3.05, 3.63) is 64.5 Å². The molecule has 0 saturated carbocycles. The van der Waals surface area contributed by atoms with Gasteiger partial charge in [0.1, 0.15) is 10.8 Å². The number of hydrogen-bond acceptors (Lipinski definition) is 7. The van der Waals surface area contributed by atoms with Gasteiger partial charge in [0, 0.05) is 42.3 Å². The maximum absolute atomic E-state index is 6.27. The molecule has 0 radical (unpaired) electrons. The molecule has 4 rings (SSSR count). The molecule has 4 N–H and O–H groups in total. The van der Waals surface area contributed by atoms with Gasteiger partial charge < -0.3 is 16.4 Å². The van der Waals surface area contributed by atoms with Gasteiger partial charge in [0.2, 0.25) is 0 Å². The number of aromatic nitrogens is 3. The molecule has 1 aliphatic rings. The number of rotatable bonds is 5. The third-order valence-electron chi connectivity index (χ3n) is 5.58. The summed E-state index contributed by atoms with van der Waals surface area (Å²) >= 11 is 13.7. The van der Waals surface area contributed by atoms with E-state index in [1.165, 1.54) is 17.3 Å². The zero-order valence-electron chi connectivity index (χ0n) is 16.3. The maximum Gasteiger partial charge on any atom is 0.158 e. The summed E-state index contributed by atoms with van der Waals surface area (Å²) in [7, 11) is 0. The van der Waals surface area contributed by atoms with E-state index >= 15 is 0 Å². The average molecular weight is 461 g/mol. The number of piperidine rings is 1. The second-order valence-corrected chi connectivity index (χ2v) is 9.10. The molecule has 0 amide bonds. The zero-order chi connectivity index (χ0) is 21.1. The maximum atomic E-state index is 6.27. The van der Waals surface area contributed by atoms with Crippen LogP contribution in [0, 0.1) is 0 Å². The molecule has 2 aromatic heterocycles. The van der Waals surface area contributed by atoms with Crippen LogP contribution in [0.2, 0.25) is 10.0 Å². The van der Waals surface area contributed by atoms with E-state index in [-0.39, 0.29) is 5.41 Å². The lowest BCUT2D eigenvalue weighted by Crippen LogP contribution is -2.47. The number of nitrogen functional groups attached to an aromatic ring is 1. The molecule has 30 heavy (non-hydrogen) atoms. The molecule has 1 aliphatic heterocycles. The van der Waals surface area contributed by atoms with Crippen molar-refractivity contribution < 1.29 is 0 Å². The van der Waals surface area contributed by atoms with Gasteiger partial charge in [-0.25, -0.2) is 9.97 Å². The number of nitrogens with zero attached hydrogens (tertiary/aromatic N) is 4. The summed E-state index contributed by atoms with van der Waals surface area (Å²) in [5.41, 5.74) is 13.5. The first-order valence-electron chi connectivity index (χ1n) is 9.62. The second-order valence-electron chi connectivity index (χ2n) is 7.29.